The molecule has 0 bridgehead atoms. The van der Waals surface area contributed by atoms with Crippen molar-refractivity contribution in [1.82, 2.24) is 5.32 Å². The Morgan fingerprint density at radius 2 is 1.83 bits per heavy atom. The van der Waals surface area contributed by atoms with Gasteiger partial charge < -0.3 is 16.0 Å². The fourth-order valence-electron chi connectivity index (χ4n) is 3.16. The quantitative estimate of drug-likeness (QED) is 0.871. The number of anilines is 1. The number of rotatable bonds is 4. The summed E-state index contributed by atoms with van der Waals surface area (Å²) in [5.74, 6) is -0.404. The number of amides is 2. The molecule has 0 aromatic heterocycles. The molecule has 1 fully saturated rings. The molecule has 1 unspecified atom stereocenters. The van der Waals surface area contributed by atoms with Crippen LogP contribution in [0.4, 0.5) is 5.69 Å². The van der Waals surface area contributed by atoms with Crippen LogP contribution in [0.25, 0.3) is 0 Å². The Bertz CT molecular complexity index is 615. The first-order valence-corrected chi connectivity index (χ1v) is 8.03. The molecule has 5 nitrogen and oxygen atoms in total. The minimum Gasteiger partial charge on any atom is -0.354 e. The van der Waals surface area contributed by atoms with Gasteiger partial charge in [-0.15, -0.1) is 12.4 Å². The summed E-state index contributed by atoms with van der Waals surface area (Å²) in [7, 11) is 0. The van der Waals surface area contributed by atoms with Gasteiger partial charge in [-0.1, -0.05) is 17.7 Å². The molecule has 1 saturated heterocycles. The number of nitrogens with two attached hydrogens (primary N) is 1. The minimum atomic E-state index is -0.456. The molecule has 6 heteroatoms. The predicted molar refractivity (Wildman–Crippen MR) is 99.6 cm³/mol. The molecular formula is C18H28ClN3O2. The van der Waals surface area contributed by atoms with Crippen molar-refractivity contribution in [3.63, 3.8) is 0 Å². The molecule has 1 heterocycles. The van der Waals surface area contributed by atoms with Gasteiger partial charge in [-0.3, -0.25) is 9.59 Å². The number of carbonyl (C=O) groups excluding carboxylic acids is 2. The van der Waals surface area contributed by atoms with E-state index in [1.165, 1.54) is 5.56 Å². The third-order valence-corrected chi connectivity index (χ3v) is 4.12. The zero-order valence-electron chi connectivity index (χ0n) is 15.1. The number of benzene rings is 1. The van der Waals surface area contributed by atoms with E-state index in [0.717, 1.165) is 16.8 Å². The van der Waals surface area contributed by atoms with Gasteiger partial charge in [-0.25, -0.2) is 0 Å². The Labute approximate surface area is 150 Å². The van der Waals surface area contributed by atoms with E-state index in [4.69, 9.17) is 5.73 Å². The van der Waals surface area contributed by atoms with Crippen molar-refractivity contribution in [3.05, 3.63) is 28.8 Å². The lowest BCUT2D eigenvalue weighted by atomic mass is 10.0. The van der Waals surface area contributed by atoms with Crippen LogP contribution in [0.1, 0.15) is 37.0 Å². The van der Waals surface area contributed by atoms with Gasteiger partial charge in [-0.05, 0) is 45.7 Å². The monoisotopic (exact) mass is 353 g/mol. The first kappa shape index (κ1) is 20.5. The van der Waals surface area contributed by atoms with Crippen molar-refractivity contribution in [2.45, 2.75) is 46.6 Å². The maximum Gasteiger partial charge on any atom is 0.227 e. The third-order valence-electron chi connectivity index (χ3n) is 4.12. The van der Waals surface area contributed by atoms with E-state index in [-0.39, 0.29) is 36.6 Å². The Hall–Kier alpha value is -1.59. The van der Waals surface area contributed by atoms with E-state index >= 15 is 0 Å². The number of carbonyl (C=O) groups is 2. The minimum absolute atomic E-state index is 0. The average Bonchev–Trinajstić information content (AvgIpc) is 2.76. The Kier molecular flexibility index (Phi) is 6.42. The lowest BCUT2D eigenvalue weighted by Gasteiger charge is -2.23. The van der Waals surface area contributed by atoms with Gasteiger partial charge in [-0.2, -0.15) is 0 Å². The van der Waals surface area contributed by atoms with Gasteiger partial charge in [0.1, 0.15) is 0 Å². The second kappa shape index (κ2) is 7.53. The van der Waals surface area contributed by atoms with Crippen LogP contribution in [-0.2, 0) is 9.59 Å². The van der Waals surface area contributed by atoms with Crippen molar-refractivity contribution in [1.29, 1.82) is 0 Å². The SMILES string of the molecule is Cc1cc(C)c(N2CC(C(=O)NCC(C)(C)N)CC2=O)c(C)c1.Cl. The zero-order chi connectivity index (χ0) is 17.4. The van der Waals surface area contributed by atoms with E-state index in [2.05, 4.69) is 17.4 Å². The molecule has 1 aliphatic heterocycles. The normalized spacial score (nSPS) is 17.7. The smallest absolute Gasteiger partial charge is 0.227 e. The molecular weight excluding hydrogens is 326 g/mol. The summed E-state index contributed by atoms with van der Waals surface area (Å²) >= 11 is 0. The van der Waals surface area contributed by atoms with Crippen LogP contribution in [-0.4, -0.2) is 30.4 Å². The van der Waals surface area contributed by atoms with Crippen LogP contribution < -0.4 is 16.0 Å². The molecule has 134 valence electrons. The van der Waals surface area contributed by atoms with Crippen molar-refractivity contribution < 1.29 is 9.59 Å². The number of halogens is 1. The van der Waals surface area contributed by atoms with Crippen LogP contribution in [0.5, 0.6) is 0 Å². The van der Waals surface area contributed by atoms with Gasteiger partial charge in [0.25, 0.3) is 0 Å². The maximum atomic E-state index is 12.4. The molecule has 24 heavy (non-hydrogen) atoms. The molecule has 2 rings (SSSR count). The molecule has 1 atom stereocenters. The summed E-state index contributed by atoms with van der Waals surface area (Å²) in [5, 5.41) is 2.85. The highest BCUT2D eigenvalue weighted by Crippen LogP contribution is 2.31. The largest absolute Gasteiger partial charge is 0.354 e. The summed E-state index contributed by atoms with van der Waals surface area (Å²) in [6.07, 6.45) is 0.254. The van der Waals surface area contributed by atoms with Crippen LogP contribution in [0, 0.1) is 26.7 Å². The van der Waals surface area contributed by atoms with Gasteiger partial charge >= 0.3 is 0 Å². The van der Waals surface area contributed by atoms with E-state index in [1.807, 2.05) is 34.6 Å². The Morgan fingerprint density at radius 1 is 1.29 bits per heavy atom. The summed E-state index contributed by atoms with van der Waals surface area (Å²) < 4.78 is 0. The van der Waals surface area contributed by atoms with Crippen molar-refractivity contribution >= 4 is 29.9 Å². The summed E-state index contributed by atoms with van der Waals surface area (Å²) in [6, 6.07) is 4.14. The maximum absolute atomic E-state index is 12.4. The number of nitrogens with one attached hydrogen (secondary N) is 1. The summed E-state index contributed by atoms with van der Waals surface area (Å²) in [6.45, 7) is 10.6. The fourth-order valence-corrected chi connectivity index (χ4v) is 3.16. The van der Waals surface area contributed by atoms with Crippen LogP contribution >= 0.6 is 12.4 Å². The van der Waals surface area contributed by atoms with E-state index in [0.29, 0.717) is 13.1 Å². The van der Waals surface area contributed by atoms with Crippen LogP contribution in [0.2, 0.25) is 0 Å². The van der Waals surface area contributed by atoms with E-state index < -0.39 is 5.54 Å². The van der Waals surface area contributed by atoms with E-state index in [1.54, 1.807) is 4.90 Å². The van der Waals surface area contributed by atoms with Crippen LogP contribution in [0.3, 0.4) is 0 Å². The third kappa shape index (κ3) is 4.71. The fraction of sp³-hybridized carbons (Fsp3) is 0.556. The van der Waals surface area contributed by atoms with Crippen LogP contribution in [0.15, 0.2) is 12.1 Å². The number of hydrogen-bond donors (Lipinski definition) is 2. The number of aryl methyl sites for hydroxylation is 3. The van der Waals surface area contributed by atoms with E-state index in [9.17, 15) is 9.59 Å². The number of hydrogen-bond acceptors (Lipinski definition) is 3. The Balaban J connectivity index is 0.00000288. The highest BCUT2D eigenvalue weighted by Gasteiger charge is 2.36. The standard InChI is InChI=1S/C18H27N3O2.ClH/c1-11-6-12(2)16(13(3)7-11)21-9-14(8-15(21)22)17(23)20-10-18(4,5)19;/h6-7,14H,8-10,19H2,1-5H3,(H,20,23);1H. The first-order valence-electron chi connectivity index (χ1n) is 8.03. The zero-order valence-corrected chi connectivity index (χ0v) is 15.9. The van der Waals surface area contributed by atoms with Crippen molar-refractivity contribution in [3.8, 4) is 0 Å². The molecule has 0 aliphatic carbocycles. The molecule has 1 aromatic carbocycles. The Morgan fingerprint density at radius 3 is 2.33 bits per heavy atom. The lowest BCUT2D eigenvalue weighted by Crippen LogP contribution is -2.46. The number of nitrogens with zero attached hydrogens (tertiary/aromatic N) is 1. The highest BCUT2D eigenvalue weighted by atomic mass is 35.5. The molecule has 1 aromatic rings. The second-order valence-corrected chi connectivity index (χ2v) is 7.36. The van der Waals surface area contributed by atoms with Gasteiger partial charge in [0.2, 0.25) is 11.8 Å². The summed E-state index contributed by atoms with van der Waals surface area (Å²) in [4.78, 5) is 26.4. The second-order valence-electron chi connectivity index (χ2n) is 7.36. The molecule has 2 amide bonds. The molecule has 0 saturated carbocycles. The summed E-state index contributed by atoms with van der Waals surface area (Å²) in [5.41, 5.74) is 9.69. The van der Waals surface area contributed by atoms with Crippen molar-refractivity contribution in [2.24, 2.45) is 11.7 Å². The topological polar surface area (TPSA) is 75.4 Å². The average molecular weight is 354 g/mol. The van der Waals surface area contributed by atoms with Crippen molar-refractivity contribution in [2.75, 3.05) is 18.0 Å². The molecule has 3 N–H and O–H groups in total. The first-order chi connectivity index (χ1) is 10.6. The molecule has 0 radical (unpaired) electrons. The highest BCUT2D eigenvalue weighted by molar-refractivity contribution is 6.01. The molecule has 0 spiro atoms. The predicted octanol–water partition coefficient (Wildman–Crippen LogP) is 2.24. The van der Waals surface area contributed by atoms with Gasteiger partial charge in [0, 0.05) is 30.7 Å². The lowest BCUT2D eigenvalue weighted by molar-refractivity contribution is -0.126. The van der Waals surface area contributed by atoms with Gasteiger partial charge in [0.15, 0.2) is 0 Å². The molecule has 1 aliphatic rings. The van der Waals surface area contributed by atoms with Gasteiger partial charge in [0.05, 0.1) is 5.92 Å².